The molecule has 0 aliphatic carbocycles. The van der Waals surface area contributed by atoms with Crippen LogP contribution in [-0.2, 0) is 29.2 Å². The van der Waals surface area contributed by atoms with Crippen molar-refractivity contribution in [3.8, 4) is 0 Å². The van der Waals surface area contributed by atoms with Gasteiger partial charge >= 0.3 is 41.5 Å². The van der Waals surface area contributed by atoms with E-state index >= 15 is 0 Å². The molecule has 0 radical (unpaired) electrons. The van der Waals surface area contributed by atoms with E-state index in [4.69, 9.17) is 14.0 Å². The van der Waals surface area contributed by atoms with E-state index < -0.39 is 33.7 Å². The number of rotatable bonds is 10. The summed E-state index contributed by atoms with van der Waals surface area (Å²) in [7, 11) is -4.70. The van der Waals surface area contributed by atoms with Gasteiger partial charge in [0.1, 0.15) is 0 Å². The molecule has 0 saturated heterocycles. The summed E-state index contributed by atoms with van der Waals surface area (Å²) in [6.07, 6.45) is 2.05. The fourth-order valence-corrected chi connectivity index (χ4v) is 1.92. The Morgan fingerprint density at radius 2 is 1.52 bits per heavy atom. The van der Waals surface area contributed by atoms with E-state index in [1.54, 1.807) is 0 Å². The molecule has 0 rings (SSSR count). The molecule has 0 aromatic rings. The molecule has 118 valence electrons. The normalized spacial score (nSPS) is 12.1. The maximum atomic E-state index is 11.6. The molecule has 0 amide bonds. The Kier molecular flexibility index (Phi) is 13.7. The summed E-state index contributed by atoms with van der Waals surface area (Å²) in [6, 6.07) is 0. The summed E-state index contributed by atoms with van der Waals surface area (Å²) < 4.78 is 40.7. The van der Waals surface area contributed by atoms with Gasteiger partial charge in [-0.3, -0.25) is 14.1 Å². The Morgan fingerprint density at radius 3 is 1.95 bits per heavy atom. The van der Waals surface area contributed by atoms with Gasteiger partial charge in [0, 0.05) is 0 Å². The van der Waals surface area contributed by atoms with Crippen LogP contribution in [0.4, 0.5) is 0 Å². The number of hydrogen-bond acceptors (Lipinski definition) is 6. The molecule has 1 unspecified atom stereocenters. The number of carbonyl (C=O) groups excluding carboxylic acids is 2. The summed E-state index contributed by atoms with van der Waals surface area (Å²) in [6.45, 7) is 3.98. The van der Waals surface area contributed by atoms with Crippen LogP contribution in [0.25, 0.3) is 0 Å². The minimum Gasteiger partial charge on any atom is -0.466 e. The second-order valence-corrected chi connectivity index (χ2v) is 5.90. The first-order chi connectivity index (χ1) is 9.32. The fraction of sp³-hybridized carbons (Fsp3) is 0.833. The summed E-state index contributed by atoms with van der Waals surface area (Å²) >= 11 is 0. The van der Waals surface area contributed by atoms with Gasteiger partial charge in [0.25, 0.3) is 10.1 Å². The van der Waals surface area contributed by atoms with Gasteiger partial charge < -0.3 is 9.47 Å². The molecule has 21 heavy (non-hydrogen) atoms. The van der Waals surface area contributed by atoms with Crippen molar-refractivity contribution >= 4 is 22.1 Å². The zero-order valence-electron chi connectivity index (χ0n) is 12.8. The Balaban J connectivity index is 0. The quantitative estimate of drug-likeness (QED) is 0.220. The van der Waals surface area contributed by atoms with Gasteiger partial charge in [-0.15, -0.1) is 0 Å². The number of hydrogen-bond donors (Lipinski definition) is 1. The summed E-state index contributed by atoms with van der Waals surface area (Å²) in [5.74, 6) is -1.98. The van der Waals surface area contributed by atoms with E-state index in [0.717, 1.165) is 12.8 Å². The molecular formula is C12H22NaO7S+. The average Bonchev–Trinajstić information content (AvgIpc) is 2.35. The summed E-state index contributed by atoms with van der Waals surface area (Å²) in [5, 5.41) is -1.92. The van der Waals surface area contributed by atoms with Gasteiger partial charge in [-0.1, -0.05) is 26.7 Å². The van der Waals surface area contributed by atoms with Gasteiger partial charge in [0.05, 0.1) is 19.6 Å². The largest absolute Gasteiger partial charge is 1.00 e. The monoisotopic (exact) mass is 333 g/mol. The van der Waals surface area contributed by atoms with Gasteiger partial charge in [-0.05, 0) is 12.8 Å². The molecular weight excluding hydrogens is 311 g/mol. The zero-order chi connectivity index (χ0) is 15.6. The van der Waals surface area contributed by atoms with Crippen LogP contribution in [0.1, 0.15) is 46.0 Å². The van der Waals surface area contributed by atoms with Crippen LogP contribution in [0, 0.1) is 0 Å². The van der Waals surface area contributed by atoms with E-state index in [2.05, 4.69) is 0 Å². The Labute approximate surface area is 147 Å². The Hall–Kier alpha value is -0.150. The molecule has 7 nitrogen and oxygen atoms in total. The fourth-order valence-electron chi connectivity index (χ4n) is 1.26. The maximum absolute atomic E-state index is 11.6. The molecule has 1 N–H and O–H groups in total. The van der Waals surface area contributed by atoms with Crippen molar-refractivity contribution in [3.05, 3.63) is 0 Å². The van der Waals surface area contributed by atoms with E-state index in [1.807, 2.05) is 13.8 Å². The van der Waals surface area contributed by atoms with Crippen molar-refractivity contribution in [2.45, 2.75) is 51.2 Å². The Bertz CT molecular complexity index is 408. The van der Waals surface area contributed by atoms with Crippen molar-refractivity contribution in [2.24, 2.45) is 0 Å². The van der Waals surface area contributed by atoms with Gasteiger partial charge in [0.15, 0.2) is 5.25 Å². The summed E-state index contributed by atoms with van der Waals surface area (Å²) in [5.41, 5.74) is 0. The third-order valence-electron chi connectivity index (χ3n) is 2.48. The van der Waals surface area contributed by atoms with Gasteiger partial charge in [-0.25, -0.2) is 0 Å². The predicted molar refractivity (Wildman–Crippen MR) is 71.7 cm³/mol. The van der Waals surface area contributed by atoms with Crippen LogP contribution in [0.5, 0.6) is 0 Å². The van der Waals surface area contributed by atoms with E-state index in [9.17, 15) is 18.0 Å². The minimum absolute atomic E-state index is 0. The second kappa shape index (κ2) is 12.4. The first-order valence-electron chi connectivity index (χ1n) is 6.61. The van der Waals surface area contributed by atoms with Crippen molar-refractivity contribution in [3.63, 3.8) is 0 Å². The second-order valence-electron chi connectivity index (χ2n) is 4.30. The molecule has 0 aromatic heterocycles. The zero-order valence-corrected chi connectivity index (χ0v) is 15.6. The molecule has 0 saturated carbocycles. The molecule has 1 atom stereocenters. The molecule has 0 spiro atoms. The first kappa shape index (κ1) is 23.1. The van der Waals surface area contributed by atoms with Crippen LogP contribution in [0.3, 0.4) is 0 Å². The van der Waals surface area contributed by atoms with Crippen molar-refractivity contribution in [1.82, 2.24) is 0 Å². The maximum Gasteiger partial charge on any atom is 1.00 e. The van der Waals surface area contributed by atoms with Gasteiger partial charge in [-0.2, -0.15) is 8.42 Å². The number of ether oxygens (including phenoxy) is 2. The topological polar surface area (TPSA) is 107 Å². The Morgan fingerprint density at radius 1 is 1.05 bits per heavy atom. The van der Waals surface area contributed by atoms with E-state index in [0.29, 0.717) is 12.8 Å². The van der Waals surface area contributed by atoms with Crippen LogP contribution in [0.15, 0.2) is 0 Å². The SMILES string of the molecule is CCCCOC(=O)CC(C(=O)OCCCC)S(=O)(=O)O.[Na+]. The van der Waals surface area contributed by atoms with Crippen LogP contribution in [-0.4, -0.2) is 43.4 Å². The molecule has 9 heteroatoms. The van der Waals surface area contributed by atoms with Gasteiger partial charge in [0.2, 0.25) is 0 Å². The third kappa shape index (κ3) is 11.1. The molecule has 0 fully saturated rings. The molecule has 0 heterocycles. The van der Waals surface area contributed by atoms with Crippen molar-refractivity contribution in [2.75, 3.05) is 13.2 Å². The number of esters is 2. The van der Waals surface area contributed by atoms with Crippen LogP contribution >= 0.6 is 0 Å². The molecule has 0 aromatic carbocycles. The predicted octanol–water partition coefficient (Wildman–Crippen LogP) is -1.68. The standard InChI is InChI=1S/C12H22O7S.Na/c1-3-5-7-18-11(13)9-10(20(15,16)17)12(14)19-8-6-4-2;/h10H,3-9H2,1-2H3,(H,15,16,17);/q;+1. The van der Waals surface area contributed by atoms with E-state index in [1.165, 1.54) is 0 Å². The van der Waals surface area contributed by atoms with Crippen molar-refractivity contribution < 1.29 is 61.6 Å². The van der Waals surface area contributed by atoms with E-state index in [-0.39, 0.29) is 42.8 Å². The van der Waals surface area contributed by atoms with Crippen molar-refractivity contribution in [1.29, 1.82) is 0 Å². The molecule has 0 aliphatic heterocycles. The van der Waals surface area contributed by atoms with Crippen LogP contribution < -0.4 is 29.6 Å². The van der Waals surface area contributed by atoms with Crippen LogP contribution in [0.2, 0.25) is 0 Å². The smallest absolute Gasteiger partial charge is 0.466 e. The average molecular weight is 333 g/mol. The summed E-state index contributed by atoms with van der Waals surface area (Å²) in [4.78, 5) is 23.0. The molecule has 0 aliphatic rings. The molecule has 0 bridgehead atoms. The number of unbranched alkanes of at least 4 members (excludes halogenated alkanes) is 2. The number of carbonyl (C=O) groups is 2. The minimum atomic E-state index is -4.70. The third-order valence-corrected chi connectivity index (χ3v) is 3.56. The first-order valence-corrected chi connectivity index (χ1v) is 8.11.